The maximum atomic E-state index is 13.1. The van der Waals surface area contributed by atoms with E-state index >= 15 is 0 Å². The zero-order valence-corrected chi connectivity index (χ0v) is 15.9. The van der Waals surface area contributed by atoms with Gasteiger partial charge in [0.05, 0.1) is 0 Å². The molecule has 1 fully saturated rings. The van der Waals surface area contributed by atoms with E-state index in [0.717, 1.165) is 18.4 Å². The van der Waals surface area contributed by atoms with Crippen LogP contribution in [0, 0.1) is 0 Å². The molecule has 2 aromatic carbocycles. The number of amides is 2. The van der Waals surface area contributed by atoms with E-state index in [0.29, 0.717) is 30.1 Å². The van der Waals surface area contributed by atoms with Gasteiger partial charge in [0.2, 0.25) is 5.91 Å². The Morgan fingerprint density at radius 3 is 2.52 bits per heavy atom. The summed E-state index contributed by atoms with van der Waals surface area (Å²) >= 11 is 5.89. The third-order valence-electron chi connectivity index (χ3n) is 4.76. The molecule has 0 aromatic heterocycles. The first-order valence-electron chi connectivity index (χ1n) is 9.17. The fourth-order valence-electron chi connectivity index (χ4n) is 3.32. The van der Waals surface area contributed by atoms with E-state index in [9.17, 15) is 9.59 Å². The van der Waals surface area contributed by atoms with E-state index in [1.165, 1.54) is 0 Å². The lowest BCUT2D eigenvalue weighted by atomic mass is 10.0. The van der Waals surface area contributed by atoms with Crippen LogP contribution < -0.4 is 11.1 Å². The van der Waals surface area contributed by atoms with Crippen molar-refractivity contribution in [2.45, 2.75) is 31.3 Å². The van der Waals surface area contributed by atoms with Crippen LogP contribution in [0.4, 0.5) is 0 Å². The summed E-state index contributed by atoms with van der Waals surface area (Å²) in [7, 11) is 0. The van der Waals surface area contributed by atoms with Crippen LogP contribution in [-0.4, -0.2) is 41.9 Å². The number of piperidine rings is 1. The van der Waals surface area contributed by atoms with Gasteiger partial charge in [-0.3, -0.25) is 9.59 Å². The summed E-state index contributed by atoms with van der Waals surface area (Å²) in [5, 5.41) is 3.46. The Hall–Kier alpha value is -2.37. The van der Waals surface area contributed by atoms with Crippen molar-refractivity contribution >= 4 is 23.4 Å². The van der Waals surface area contributed by atoms with Crippen molar-refractivity contribution in [3.05, 3.63) is 70.7 Å². The van der Waals surface area contributed by atoms with Gasteiger partial charge in [0.1, 0.15) is 6.04 Å². The number of hydrogen-bond donors (Lipinski definition) is 2. The Balaban J connectivity index is 1.77. The minimum absolute atomic E-state index is 0.00737. The Labute approximate surface area is 164 Å². The lowest BCUT2D eigenvalue weighted by Gasteiger charge is -2.33. The molecule has 0 spiro atoms. The van der Waals surface area contributed by atoms with Crippen molar-refractivity contribution in [2.24, 2.45) is 5.73 Å². The van der Waals surface area contributed by atoms with Crippen molar-refractivity contribution in [3.63, 3.8) is 0 Å². The summed E-state index contributed by atoms with van der Waals surface area (Å²) in [4.78, 5) is 27.5. The highest BCUT2D eigenvalue weighted by Gasteiger charge is 2.29. The standard InChI is InChI=1S/C21H24ClN3O2/c22-17-10-8-16(9-11-17)20(26)24-19(13-15-5-2-1-3-6-15)21(27)25-12-4-7-18(23)14-25/h1-3,5-6,8-11,18-19H,4,7,12-14,23H2,(H,24,26). The molecule has 3 rings (SSSR count). The van der Waals surface area contributed by atoms with E-state index in [-0.39, 0.29) is 17.9 Å². The Morgan fingerprint density at radius 2 is 1.85 bits per heavy atom. The summed E-state index contributed by atoms with van der Waals surface area (Å²) in [6.07, 6.45) is 2.24. The first-order chi connectivity index (χ1) is 13.0. The number of nitrogens with one attached hydrogen (secondary N) is 1. The molecule has 5 nitrogen and oxygen atoms in total. The predicted octanol–water partition coefficient (Wildman–Crippen LogP) is 2.63. The van der Waals surface area contributed by atoms with E-state index in [2.05, 4.69) is 5.32 Å². The Kier molecular flexibility index (Phi) is 6.48. The third-order valence-corrected chi connectivity index (χ3v) is 5.01. The van der Waals surface area contributed by atoms with Gasteiger partial charge >= 0.3 is 0 Å². The molecule has 142 valence electrons. The quantitative estimate of drug-likeness (QED) is 0.830. The van der Waals surface area contributed by atoms with E-state index in [1.807, 2.05) is 30.3 Å². The summed E-state index contributed by atoms with van der Waals surface area (Å²) in [6, 6.07) is 15.7. The summed E-state index contributed by atoms with van der Waals surface area (Å²) < 4.78 is 0. The van der Waals surface area contributed by atoms with Crippen LogP contribution in [0.3, 0.4) is 0 Å². The predicted molar refractivity (Wildman–Crippen MR) is 107 cm³/mol. The largest absolute Gasteiger partial charge is 0.340 e. The number of hydrogen-bond acceptors (Lipinski definition) is 3. The summed E-state index contributed by atoms with van der Waals surface area (Å²) in [6.45, 7) is 1.20. The van der Waals surface area contributed by atoms with Crippen molar-refractivity contribution in [1.82, 2.24) is 10.2 Å². The lowest BCUT2D eigenvalue weighted by Crippen LogP contribution is -2.54. The molecule has 3 N–H and O–H groups in total. The average Bonchev–Trinajstić information content (AvgIpc) is 2.68. The van der Waals surface area contributed by atoms with Gasteiger partial charge in [0, 0.05) is 36.1 Å². The SMILES string of the molecule is NC1CCCN(C(=O)C(Cc2ccccc2)NC(=O)c2ccc(Cl)cc2)C1. The molecule has 27 heavy (non-hydrogen) atoms. The van der Waals surface area contributed by atoms with E-state index in [4.69, 9.17) is 17.3 Å². The normalized spacial score (nSPS) is 18.0. The highest BCUT2D eigenvalue weighted by Crippen LogP contribution is 2.14. The second-order valence-electron chi connectivity index (χ2n) is 6.91. The summed E-state index contributed by atoms with van der Waals surface area (Å²) in [5.74, 6) is -0.376. The highest BCUT2D eigenvalue weighted by molar-refractivity contribution is 6.30. The van der Waals surface area contributed by atoms with Crippen LogP contribution >= 0.6 is 11.6 Å². The molecule has 0 saturated carbocycles. The van der Waals surface area contributed by atoms with E-state index in [1.54, 1.807) is 29.2 Å². The van der Waals surface area contributed by atoms with Gasteiger partial charge in [0.15, 0.2) is 0 Å². The first kappa shape index (κ1) is 19.4. The van der Waals surface area contributed by atoms with Crippen LogP contribution in [-0.2, 0) is 11.2 Å². The second kappa shape index (κ2) is 9.02. The van der Waals surface area contributed by atoms with Gasteiger partial charge < -0.3 is 16.0 Å². The highest BCUT2D eigenvalue weighted by atomic mass is 35.5. The maximum Gasteiger partial charge on any atom is 0.251 e. The molecule has 2 amide bonds. The monoisotopic (exact) mass is 385 g/mol. The molecule has 1 saturated heterocycles. The van der Waals surface area contributed by atoms with Gasteiger partial charge in [-0.1, -0.05) is 41.9 Å². The number of carbonyl (C=O) groups excluding carboxylic acids is 2. The third kappa shape index (κ3) is 5.31. The Morgan fingerprint density at radius 1 is 1.15 bits per heavy atom. The number of benzene rings is 2. The van der Waals surface area contributed by atoms with Gasteiger partial charge in [-0.2, -0.15) is 0 Å². The average molecular weight is 386 g/mol. The fraction of sp³-hybridized carbons (Fsp3) is 0.333. The molecule has 0 bridgehead atoms. The maximum absolute atomic E-state index is 13.1. The fourth-order valence-corrected chi connectivity index (χ4v) is 3.45. The first-order valence-corrected chi connectivity index (χ1v) is 9.55. The van der Waals surface area contributed by atoms with Crippen molar-refractivity contribution < 1.29 is 9.59 Å². The van der Waals surface area contributed by atoms with E-state index < -0.39 is 6.04 Å². The van der Waals surface area contributed by atoms with Crippen LogP contribution in [0.2, 0.25) is 5.02 Å². The number of nitrogens with zero attached hydrogens (tertiary/aromatic N) is 1. The van der Waals surface area contributed by atoms with Gasteiger partial charge in [0.25, 0.3) is 5.91 Å². The molecule has 1 heterocycles. The second-order valence-corrected chi connectivity index (χ2v) is 7.35. The number of carbonyl (C=O) groups is 2. The van der Waals surface area contributed by atoms with Crippen molar-refractivity contribution in [3.8, 4) is 0 Å². The van der Waals surface area contributed by atoms with Gasteiger partial charge in [-0.05, 0) is 42.7 Å². The minimum atomic E-state index is -0.638. The van der Waals surface area contributed by atoms with Crippen molar-refractivity contribution in [2.75, 3.05) is 13.1 Å². The zero-order valence-electron chi connectivity index (χ0n) is 15.1. The van der Waals surface area contributed by atoms with Crippen LogP contribution in [0.5, 0.6) is 0 Å². The molecular weight excluding hydrogens is 362 g/mol. The lowest BCUT2D eigenvalue weighted by molar-refractivity contribution is -0.134. The molecular formula is C21H24ClN3O2. The molecule has 2 aromatic rings. The molecule has 6 heteroatoms. The topological polar surface area (TPSA) is 75.4 Å². The molecule has 2 unspecified atom stereocenters. The number of halogens is 1. The van der Waals surface area contributed by atoms with Gasteiger partial charge in [-0.15, -0.1) is 0 Å². The number of nitrogens with two attached hydrogens (primary N) is 1. The molecule has 0 aliphatic carbocycles. The molecule has 1 aliphatic heterocycles. The van der Waals surface area contributed by atoms with Gasteiger partial charge in [-0.25, -0.2) is 0 Å². The Bertz CT molecular complexity index is 780. The number of likely N-dealkylation sites (tertiary alicyclic amines) is 1. The number of rotatable bonds is 5. The smallest absolute Gasteiger partial charge is 0.251 e. The van der Waals surface area contributed by atoms with Crippen LogP contribution in [0.25, 0.3) is 0 Å². The molecule has 2 atom stereocenters. The zero-order chi connectivity index (χ0) is 19.2. The minimum Gasteiger partial charge on any atom is -0.340 e. The van der Waals surface area contributed by atoms with Crippen molar-refractivity contribution in [1.29, 1.82) is 0 Å². The molecule has 1 aliphatic rings. The molecule has 0 radical (unpaired) electrons. The van der Waals surface area contributed by atoms with Crippen LogP contribution in [0.15, 0.2) is 54.6 Å². The van der Waals surface area contributed by atoms with Crippen LogP contribution in [0.1, 0.15) is 28.8 Å². The summed E-state index contributed by atoms with van der Waals surface area (Å²) in [5.41, 5.74) is 7.50.